The minimum Gasteiger partial charge on any atom is -0.477 e. The number of aliphatic carboxylic acids is 1. The van der Waals surface area contributed by atoms with Crippen LogP contribution in [-0.4, -0.2) is 27.1 Å². The summed E-state index contributed by atoms with van der Waals surface area (Å²) in [4.78, 5) is 10.5. The number of benzene rings is 1. The molecule has 0 saturated heterocycles. The van der Waals surface area contributed by atoms with Crippen molar-refractivity contribution in [3.8, 4) is 0 Å². The van der Waals surface area contributed by atoms with Crippen LogP contribution >= 0.6 is 0 Å². The first-order valence-electron chi connectivity index (χ1n) is 3.95. The SMILES string of the molecule is NC(c1ccccc1)C(O)(O)C(=O)O. The molecule has 1 aromatic rings. The Labute approximate surface area is 80.4 Å². The second kappa shape index (κ2) is 3.75. The van der Waals surface area contributed by atoms with Crippen LogP contribution < -0.4 is 5.73 Å². The average Bonchev–Trinajstić information content (AvgIpc) is 2.17. The highest BCUT2D eigenvalue weighted by atomic mass is 16.5. The van der Waals surface area contributed by atoms with Crippen LogP contribution in [0.2, 0.25) is 0 Å². The van der Waals surface area contributed by atoms with Crippen LogP contribution in [0.5, 0.6) is 0 Å². The van der Waals surface area contributed by atoms with E-state index in [1.54, 1.807) is 18.2 Å². The van der Waals surface area contributed by atoms with Gasteiger partial charge in [-0.15, -0.1) is 0 Å². The Bertz CT molecular complexity index is 323. The van der Waals surface area contributed by atoms with Crippen molar-refractivity contribution in [2.45, 2.75) is 11.8 Å². The Morgan fingerprint density at radius 3 is 2.21 bits per heavy atom. The second-order valence-corrected chi connectivity index (χ2v) is 2.92. The molecule has 0 heterocycles. The summed E-state index contributed by atoms with van der Waals surface area (Å²) in [7, 11) is 0. The van der Waals surface area contributed by atoms with Gasteiger partial charge in [-0.3, -0.25) is 0 Å². The zero-order valence-electron chi connectivity index (χ0n) is 7.29. The molecule has 0 bridgehead atoms. The average molecular weight is 197 g/mol. The van der Waals surface area contributed by atoms with Gasteiger partial charge in [0.2, 0.25) is 0 Å². The van der Waals surface area contributed by atoms with Gasteiger partial charge in [-0.25, -0.2) is 4.79 Å². The molecule has 0 aliphatic heterocycles. The molecule has 1 aromatic carbocycles. The number of nitrogens with two attached hydrogens (primary N) is 1. The normalized spacial score (nSPS) is 13.6. The monoisotopic (exact) mass is 197 g/mol. The Morgan fingerprint density at radius 1 is 1.29 bits per heavy atom. The number of carboxylic acids is 1. The maximum atomic E-state index is 10.5. The molecule has 0 fully saturated rings. The molecular weight excluding hydrogens is 186 g/mol. The zero-order chi connectivity index (χ0) is 10.8. The summed E-state index contributed by atoms with van der Waals surface area (Å²) in [5.41, 5.74) is 5.74. The van der Waals surface area contributed by atoms with Crippen LogP contribution in [0.25, 0.3) is 0 Å². The van der Waals surface area contributed by atoms with Crippen molar-refractivity contribution >= 4 is 5.97 Å². The van der Waals surface area contributed by atoms with Gasteiger partial charge in [0.15, 0.2) is 0 Å². The van der Waals surface area contributed by atoms with Crippen molar-refractivity contribution in [2.75, 3.05) is 0 Å². The summed E-state index contributed by atoms with van der Waals surface area (Å²) in [6, 6.07) is 6.65. The third-order valence-electron chi connectivity index (χ3n) is 1.91. The minimum atomic E-state index is -2.94. The predicted molar refractivity (Wildman–Crippen MR) is 48.2 cm³/mol. The van der Waals surface area contributed by atoms with Crippen molar-refractivity contribution in [1.29, 1.82) is 0 Å². The maximum Gasteiger partial charge on any atom is 0.366 e. The van der Waals surface area contributed by atoms with Crippen molar-refractivity contribution in [1.82, 2.24) is 0 Å². The second-order valence-electron chi connectivity index (χ2n) is 2.92. The first-order chi connectivity index (χ1) is 6.46. The van der Waals surface area contributed by atoms with Crippen LogP contribution in [0.15, 0.2) is 30.3 Å². The van der Waals surface area contributed by atoms with Gasteiger partial charge in [-0.1, -0.05) is 30.3 Å². The van der Waals surface area contributed by atoms with Gasteiger partial charge in [-0.2, -0.15) is 0 Å². The lowest BCUT2D eigenvalue weighted by molar-refractivity contribution is -0.211. The third kappa shape index (κ3) is 1.90. The molecule has 0 aliphatic rings. The lowest BCUT2D eigenvalue weighted by atomic mass is 9.99. The fourth-order valence-electron chi connectivity index (χ4n) is 1.03. The molecule has 0 spiro atoms. The lowest BCUT2D eigenvalue weighted by Gasteiger charge is -2.23. The lowest BCUT2D eigenvalue weighted by Crippen LogP contribution is -2.48. The molecule has 0 amide bonds. The molecule has 5 nitrogen and oxygen atoms in total. The highest BCUT2D eigenvalue weighted by molar-refractivity contribution is 5.76. The third-order valence-corrected chi connectivity index (χ3v) is 1.91. The first-order valence-corrected chi connectivity index (χ1v) is 3.95. The summed E-state index contributed by atoms with van der Waals surface area (Å²) in [6.07, 6.45) is 0. The van der Waals surface area contributed by atoms with Gasteiger partial charge >= 0.3 is 5.97 Å². The van der Waals surface area contributed by atoms with Crippen molar-refractivity contribution in [3.63, 3.8) is 0 Å². The van der Waals surface area contributed by atoms with E-state index in [-0.39, 0.29) is 0 Å². The topological polar surface area (TPSA) is 104 Å². The Morgan fingerprint density at radius 2 is 1.79 bits per heavy atom. The molecular formula is C9H11NO4. The van der Waals surface area contributed by atoms with Crippen molar-refractivity contribution in [3.05, 3.63) is 35.9 Å². The van der Waals surface area contributed by atoms with E-state index in [1.165, 1.54) is 12.1 Å². The summed E-state index contributed by atoms with van der Waals surface area (Å²) in [5, 5.41) is 26.8. The molecule has 1 unspecified atom stereocenters. The van der Waals surface area contributed by atoms with E-state index in [4.69, 9.17) is 21.1 Å². The van der Waals surface area contributed by atoms with Gasteiger partial charge in [0.1, 0.15) is 0 Å². The molecule has 14 heavy (non-hydrogen) atoms. The summed E-state index contributed by atoms with van der Waals surface area (Å²) >= 11 is 0. The Kier molecular flexibility index (Phi) is 2.85. The molecule has 0 aromatic heterocycles. The molecule has 0 saturated carbocycles. The number of hydrogen-bond acceptors (Lipinski definition) is 4. The van der Waals surface area contributed by atoms with Gasteiger partial charge in [0.25, 0.3) is 5.79 Å². The van der Waals surface area contributed by atoms with Crippen LogP contribution in [-0.2, 0) is 4.79 Å². The van der Waals surface area contributed by atoms with E-state index >= 15 is 0 Å². The fourth-order valence-corrected chi connectivity index (χ4v) is 1.03. The van der Waals surface area contributed by atoms with Crippen LogP contribution in [0.4, 0.5) is 0 Å². The van der Waals surface area contributed by atoms with Crippen molar-refractivity contribution in [2.24, 2.45) is 5.73 Å². The molecule has 76 valence electrons. The summed E-state index contributed by atoms with van der Waals surface area (Å²) in [6.45, 7) is 0. The van der Waals surface area contributed by atoms with Crippen LogP contribution in [0.1, 0.15) is 11.6 Å². The van der Waals surface area contributed by atoms with E-state index in [0.29, 0.717) is 5.56 Å². The van der Waals surface area contributed by atoms with Gasteiger partial charge < -0.3 is 21.1 Å². The smallest absolute Gasteiger partial charge is 0.366 e. The van der Waals surface area contributed by atoms with E-state index in [2.05, 4.69) is 0 Å². The number of hydrogen-bond donors (Lipinski definition) is 4. The highest BCUT2D eigenvalue weighted by Crippen LogP contribution is 2.21. The highest BCUT2D eigenvalue weighted by Gasteiger charge is 2.41. The molecule has 5 N–H and O–H groups in total. The van der Waals surface area contributed by atoms with E-state index in [0.717, 1.165) is 0 Å². The van der Waals surface area contributed by atoms with E-state index in [1.807, 2.05) is 0 Å². The van der Waals surface area contributed by atoms with Crippen LogP contribution in [0.3, 0.4) is 0 Å². The zero-order valence-corrected chi connectivity index (χ0v) is 7.29. The number of carboxylic acid groups (broad SMARTS) is 1. The van der Waals surface area contributed by atoms with E-state index in [9.17, 15) is 4.79 Å². The number of aliphatic hydroxyl groups is 2. The molecule has 1 rings (SSSR count). The summed E-state index contributed by atoms with van der Waals surface area (Å²) < 4.78 is 0. The first kappa shape index (κ1) is 10.6. The minimum absolute atomic E-state index is 0.347. The molecule has 5 heteroatoms. The predicted octanol–water partition coefficient (Wildman–Crippen LogP) is -0.548. The van der Waals surface area contributed by atoms with Gasteiger partial charge in [0.05, 0.1) is 6.04 Å². The largest absolute Gasteiger partial charge is 0.477 e. The van der Waals surface area contributed by atoms with Crippen LogP contribution in [0, 0.1) is 0 Å². The quantitative estimate of drug-likeness (QED) is 0.487. The summed E-state index contributed by atoms with van der Waals surface area (Å²) in [5.74, 6) is -4.71. The molecule has 0 aliphatic carbocycles. The molecule has 0 radical (unpaired) electrons. The van der Waals surface area contributed by atoms with Crippen molar-refractivity contribution < 1.29 is 20.1 Å². The number of carbonyl (C=O) groups is 1. The van der Waals surface area contributed by atoms with Gasteiger partial charge in [0, 0.05) is 0 Å². The fraction of sp³-hybridized carbons (Fsp3) is 0.222. The number of rotatable bonds is 3. The standard InChI is InChI=1S/C9H11NO4/c10-7(9(13,14)8(11)12)6-4-2-1-3-5-6/h1-5,7,13-14H,10H2,(H,11,12). The molecule has 1 atom stereocenters. The Balaban J connectivity index is 2.96. The maximum absolute atomic E-state index is 10.5. The van der Waals surface area contributed by atoms with E-state index < -0.39 is 17.8 Å². The Hall–Kier alpha value is -1.43. The van der Waals surface area contributed by atoms with Gasteiger partial charge in [-0.05, 0) is 5.56 Å².